The molecule has 0 bridgehead atoms. The number of carbonyl (C=O) groups excluding carboxylic acids is 1. The summed E-state index contributed by atoms with van der Waals surface area (Å²) in [5.74, 6) is -0.0759. The van der Waals surface area contributed by atoms with Crippen LogP contribution in [-0.2, 0) is 9.53 Å². The topological polar surface area (TPSA) is 41.6 Å². The highest BCUT2D eigenvalue weighted by molar-refractivity contribution is 7.80. The van der Waals surface area contributed by atoms with Gasteiger partial charge in [-0.1, -0.05) is 6.08 Å². The van der Waals surface area contributed by atoms with Gasteiger partial charge in [-0.15, -0.1) is 6.58 Å². The van der Waals surface area contributed by atoms with E-state index in [1.54, 1.807) is 6.08 Å². The van der Waals surface area contributed by atoms with Crippen molar-refractivity contribution in [2.24, 2.45) is 5.92 Å². The van der Waals surface area contributed by atoms with Crippen LogP contribution in [0.1, 0.15) is 12.8 Å². The normalized spacial score (nSPS) is 16.7. The van der Waals surface area contributed by atoms with Crippen LogP contribution >= 0.6 is 12.2 Å². The van der Waals surface area contributed by atoms with Crippen molar-refractivity contribution >= 4 is 23.3 Å². The van der Waals surface area contributed by atoms with Crippen molar-refractivity contribution < 1.29 is 9.53 Å². The van der Waals surface area contributed by atoms with Gasteiger partial charge in [0.25, 0.3) is 0 Å². The second-order valence-corrected chi connectivity index (χ2v) is 4.15. The minimum Gasteiger partial charge on any atom is -0.469 e. The van der Waals surface area contributed by atoms with Gasteiger partial charge in [-0.3, -0.25) is 4.79 Å². The van der Waals surface area contributed by atoms with E-state index in [1.165, 1.54) is 7.11 Å². The number of piperidine rings is 1. The molecule has 0 unspecified atom stereocenters. The minimum atomic E-state index is -0.107. The number of likely N-dealkylation sites (tertiary alicyclic amines) is 1. The molecule has 0 atom stereocenters. The Hall–Kier alpha value is -1.10. The lowest BCUT2D eigenvalue weighted by Crippen LogP contribution is -2.45. The first-order chi connectivity index (χ1) is 7.69. The van der Waals surface area contributed by atoms with Crippen molar-refractivity contribution in [1.82, 2.24) is 10.2 Å². The first-order valence-electron chi connectivity index (χ1n) is 5.40. The Balaban J connectivity index is 2.33. The molecular formula is C11H18N2O2S. The highest BCUT2D eigenvalue weighted by atomic mass is 32.1. The largest absolute Gasteiger partial charge is 0.469 e. The molecule has 0 radical (unpaired) electrons. The number of nitrogens with one attached hydrogen (secondary N) is 1. The van der Waals surface area contributed by atoms with Crippen LogP contribution in [0.25, 0.3) is 0 Å². The predicted octanol–water partition coefficient (Wildman–Crippen LogP) is 0.932. The van der Waals surface area contributed by atoms with Crippen LogP contribution in [0.4, 0.5) is 0 Å². The standard InChI is InChI=1S/C11H18N2O2S/c1-3-6-12-11(16)13-7-4-9(5-8-13)10(14)15-2/h3,9H,1,4-8H2,2H3,(H,12,16). The number of carbonyl (C=O) groups is 1. The van der Waals surface area contributed by atoms with Crippen LogP contribution in [-0.4, -0.2) is 42.7 Å². The van der Waals surface area contributed by atoms with Crippen molar-refractivity contribution in [3.8, 4) is 0 Å². The Morgan fingerprint density at radius 1 is 1.62 bits per heavy atom. The third-order valence-electron chi connectivity index (χ3n) is 2.71. The number of esters is 1. The van der Waals surface area contributed by atoms with Crippen molar-refractivity contribution in [2.45, 2.75) is 12.8 Å². The van der Waals surface area contributed by atoms with Crippen molar-refractivity contribution in [3.05, 3.63) is 12.7 Å². The third-order valence-corrected chi connectivity index (χ3v) is 3.12. The summed E-state index contributed by atoms with van der Waals surface area (Å²) in [5.41, 5.74) is 0. The summed E-state index contributed by atoms with van der Waals surface area (Å²) < 4.78 is 4.73. The molecule has 0 aromatic carbocycles. The molecule has 1 rings (SSSR count). The lowest BCUT2D eigenvalue weighted by molar-refractivity contribution is -0.146. The second kappa shape index (κ2) is 6.48. The number of thiocarbonyl (C=S) groups is 1. The average Bonchev–Trinajstić information content (AvgIpc) is 2.35. The molecule has 1 fully saturated rings. The van der Waals surface area contributed by atoms with E-state index in [0.29, 0.717) is 6.54 Å². The summed E-state index contributed by atoms with van der Waals surface area (Å²) >= 11 is 5.22. The summed E-state index contributed by atoms with van der Waals surface area (Å²) in [6, 6.07) is 0. The lowest BCUT2D eigenvalue weighted by Gasteiger charge is -2.32. The molecule has 4 nitrogen and oxygen atoms in total. The van der Waals surface area contributed by atoms with Gasteiger partial charge in [0.05, 0.1) is 13.0 Å². The Bertz CT molecular complexity index is 273. The van der Waals surface area contributed by atoms with E-state index in [4.69, 9.17) is 17.0 Å². The van der Waals surface area contributed by atoms with E-state index in [-0.39, 0.29) is 11.9 Å². The summed E-state index contributed by atoms with van der Waals surface area (Å²) in [7, 11) is 1.44. The first-order valence-corrected chi connectivity index (χ1v) is 5.81. The lowest BCUT2D eigenvalue weighted by atomic mass is 9.97. The predicted molar refractivity (Wildman–Crippen MR) is 67.1 cm³/mol. The quantitative estimate of drug-likeness (QED) is 0.453. The summed E-state index contributed by atoms with van der Waals surface area (Å²) in [6.45, 7) is 5.92. The first kappa shape index (κ1) is 13.0. The molecule has 90 valence electrons. The van der Waals surface area contributed by atoms with E-state index >= 15 is 0 Å². The van der Waals surface area contributed by atoms with Crippen molar-refractivity contribution in [2.75, 3.05) is 26.7 Å². The van der Waals surface area contributed by atoms with E-state index in [2.05, 4.69) is 16.8 Å². The Kier molecular flexibility index (Phi) is 5.25. The second-order valence-electron chi connectivity index (χ2n) is 3.76. The summed E-state index contributed by atoms with van der Waals surface area (Å²) in [6.07, 6.45) is 3.39. The van der Waals surface area contributed by atoms with Crippen LogP contribution in [0.2, 0.25) is 0 Å². The highest BCUT2D eigenvalue weighted by Crippen LogP contribution is 2.18. The van der Waals surface area contributed by atoms with Gasteiger partial charge >= 0.3 is 5.97 Å². The molecule has 5 heteroatoms. The molecule has 1 aliphatic rings. The maximum atomic E-state index is 11.3. The van der Waals surface area contributed by atoms with Crippen molar-refractivity contribution in [3.63, 3.8) is 0 Å². The van der Waals surface area contributed by atoms with E-state index < -0.39 is 0 Å². The molecule has 1 aliphatic heterocycles. The minimum absolute atomic E-state index is 0.0310. The van der Waals surface area contributed by atoms with Gasteiger partial charge in [-0.25, -0.2) is 0 Å². The third kappa shape index (κ3) is 3.48. The highest BCUT2D eigenvalue weighted by Gasteiger charge is 2.26. The maximum Gasteiger partial charge on any atom is 0.308 e. The number of nitrogens with zero attached hydrogens (tertiary/aromatic N) is 1. The molecule has 0 aliphatic carbocycles. The van der Waals surface area contributed by atoms with Gasteiger partial charge in [0, 0.05) is 19.6 Å². The van der Waals surface area contributed by atoms with Crippen molar-refractivity contribution in [1.29, 1.82) is 0 Å². The van der Waals surface area contributed by atoms with Gasteiger partial charge < -0.3 is 15.0 Å². The molecule has 0 aromatic rings. The van der Waals surface area contributed by atoms with Gasteiger partial charge in [0.15, 0.2) is 5.11 Å². The van der Waals surface area contributed by atoms with Crippen LogP contribution in [0, 0.1) is 5.92 Å². The van der Waals surface area contributed by atoms with Gasteiger partial charge in [-0.2, -0.15) is 0 Å². The van der Waals surface area contributed by atoms with Crippen LogP contribution in [0.3, 0.4) is 0 Å². The molecule has 1 N–H and O–H groups in total. The summed E-state index contributed by atoms with van der Waals surface area (Å²) in [4.78, 5) is 13.4. The molecule has 0 spiro atoms. The van der Waals surface area contributed by atoms with Gasteiger partial charge in [0.1, 0.15) is 0 Å². The number of hydrogen-bond acceptors (Lipinski definition) is 3. The summed E-state index contributed by atoms with van der Waals surface area (Å²) in [5, 5.41) is 3.82. The fraction of sp³-hybridized carbons (Fsp3) is 0.636. The SMILES string of the molecule is C=CCNC(=S)N1CCC(C(=O)OC)CC1. The van der Waals surface area contributed by atoms with Crippen LogP contribution < -0.4 is 5.32 Å². The van der Waals surface area contributed by atoms with Crippen LogP contribution in [0.15, 0.2) is 12.7 Å². The molecule has 0 amide bonds. The molecule has 1 heterocycles. The smallest absolute Gasteiger partial charge is 0.308 e. The molecule has 0 aromatic heterocycles. The molecule has 1 saturated heterocycles. The molecule has 0 saturated carbocycles. The Morgan fingerprint density at radius 3 is 2.75 bits per heavy atom. The van der Waals surface area contributed by atoms with Gasteiger partial charge in [0.2, 0.25) is 0 Å². The zero-order chi connectivity index (χ0) is 12.0. The Morgan fingerprint density at radius 2 is 2.25 bits per heavy atom. The zero-order valence-electron chi connectivity index (χ0n) is 9.57. The zero-order valence-corrected chi connectivity index (χ0v) is 10.4. The van der Waals surface area contributed by atoms with E-state index in [9.17, 15) is 4.79 Å². The Labute approximate surface area is 102 Å². The molecular weight excluding hydrogens is 224 g/mol. The fourth-order valence-corrected chi connectivity index (χ4v) is 2.02. The number of ether oxygens (including phenoxy) is 1. The van der Waals surface area contributed by atoms with E-state index in [1.807, 2.05) is 0 Å². The van der Waals surface area contributed by atoms with E-state index in [0.717, 1.165) is 31.0 Å². The van der Waals surface area contributed by atoms with Crippen LogP contribution in [0.5, 0.6) is 0 Å². The maximum absolute atomic E-state index is 11.3. The monoisotopic (exact) mass is 242 g/mol. The number of rotatable bonds is 3. The fourth-order valence-electron chi connectivity index (χ4n) is 1.76. The number of methoxy groups -OCH3 is 1. The number of hydrogen-bond donors (Lipinski definition) is 1. The molecule has 16 heavy (non-hydrogen) atoms. The van der Waals surface area contributed by atoms with Gasteiger partial charge in [-0.05, 0) is 25.1 Å². The average molecular weight is 242 g/mol.